The van der Waals surface area contributed by atoms with Crippen molar-refractivity contribution >= 4 is 28.6 Å². The summed E-state index contributed by atoms with van der Waals surface area (Å²) >= 11 is 0.906. The van der Waals surface area contributed by atoms with Gasteiger partial charge in [-0.1, -0.05) is 6.92 Å². The summed E-state index contributed by atoms with van der Waals surface area (Å²) in [6, 6.07) is 3.71. The number of carbonyl (C=O) groups is 1. The Morgan fingerprint density at radius 1 is 1.32 bits per heavy atom. The summed E-state index contributed by atoms with van der Waals surface area (Å²) in [7, 11) is 0. The van der Waals surface area contributed by atoms with Crippen molar-refractivity contribution in [2.75, 3.05) is 23.3 Å². The van der Waals surface area contributed by atoms with Gasteiger partial charge in [0.05, 0.1) is 23.1 Å². The maximum atomic E-state index is 14.2. The van der Waals surface area contributed by atoms with Gasteiger partial charge in [-0.15, -0.1) is 11.3 Å². The minimum atomic E-state index is -1.12. The van der Waals surface area contributed by atoms with E-state index in [-0.39, 0.29) is 16.7 Å². The number of aromatic nitrogens is 2. The summed E-state index contributed by atoms with van der Waals surface area (Å²) in [5.41, 5.74) is 6.98. The van der Waals surface area contributed by atoms with Crippen LogP contribution >= 0.6 is 11.3 Å². The molecule has 1 amide bonds. The Morgan fingerprint density at radius 3 is 2.90 bits per heavy atom. The van der Waals surface area contributed by atoms with Crippen LogP contribution in [0.15, 0.2) is 36.0 Å². The van der Waals surface area contributed by atoms with Crippen LogP contribution in [-0.2, 0) is 0 Å². The Kier molecular flexibility index (Phi) is 5.84. The van der Waals surface area contributed by atoms with Gasteiger partial charge < -0.3 is 21.1 Å². The molecule has 1 saturated heterocycles. The number of nitrogens with zero attached hydrogens (tertiary/aromatic N) is 3. The van der Waals surface area contributed by atoms with Crippen LogP contribution in [0.2, 0.25) is 0 Å². The molecule has 0 unspecified atom stereocenters. The van der Waals surface area contributed by atoms with Crippen molar-refractivity contribution in [2.24, 2.45) is 11.7 Å². The molecular weight excluding hydrogens is 424 g/mol. The Hall–Kier alpha value is -3.11. The summed E-state index contributed by atoms with van der Waals surface area (Å²) in [6.45, 7) is 3.59. The van der Waals surface area contributed by atoms with Crippen LogP contribution < -0.4 is 16.0 Å². The van der Waals surface area contributed by atoms with Crippen LogP contribution in [0.5, 0.6) is 5.75 Å². The number of anilines is 2. The van der Waals surface area contributed by atoms with E-state index >= 15 is 0 Å². The largest absolute Gasteiger partial charge is 0.505 e. The van der Waals surface area contributed by atoms with Gasteiger partial charge in [0.15, 0.2) is 11.6 Å². The zero-order valence-electron chi connectivity index (χ0n) is 16.7. The number of rotatable bonds is 4. The molecule has 1 fully saturated rings. The second kappa shape index (κ2) is 8.56. The first kappa shape index (κ1) is 21.1. The molecule has 0 saturated carbocycles. The highest BCUT2D eigenvalue weighted by Gasteiger charge is 2.25. The van der Waals surface area contributed by atoms with Crippen molar-refractivity contribution in [3.63, 3.8) is 0 Å². The van der Waals surface area contributed by atoms with Crippen molar-refractivity contribution in [1.82, 2.24) is 9.97 Å². The first-order valence-corrected chi connectivity index (χ1v) is 10.6. The summed E-state index contributed by atoms with van der Waals surface area (Å²) in [5.74, 6) is -2.81. The fourth-order valence-corrected chi connectivity index (χ4v) is 4.61. The molecular formula is C21H21F2N5O2S. The SMILES string of the molecule is C[C@@H]1C[C@H](N)CN(c2ccncc2NC(=O)c2csc(-c3c(F)ccc(O)c3F)n2)C1. The number of hydrogen-bond acceptors (Lipinski definition) is 7. The molecule has 4 rings (SSSR count). The van der Waals surface area contributed by atoms with Gasteiger partial charge >= 0.3 is 0 Å². The maximum Gasteiger partial charge on any atom is 0.275 e. The number of halogens is 2. The number of piperidine rings is 1. The summed E-state index contributed by atoms with van der Waals surface area (Å²) in [5, 5.41) is 13.7. The second-order valence-electron chi connectivity index (χ2n) is 7.65. The first-order valence-electron chi connectivity index (χ1n) is 9.72. The monoisotopic (exact) mass is 445 g/mol. The van der Waals surface area contributed by atoms with E-state index in [4.69, 9.17) is 5.73 Å². The molecule has 7 nitrogen and oxygen atoms in total. The summed E-state index contributed by atoms with van der Waals surface area (Å²) in [4.78, 5) is 23.1. The molecule has 31 heavy (non-hydrogen) atoms. The highest BCUT2D eigenvalue weighted by Crippen LogP contribution is 2.34. The van der Waals surface area contributed by atoms with Crippen LogP contribution in [0, 0.1) is 17.6 Å². The van der Waals surface area contributed by atoms with E-state index in [0.29, 0.717) is 18.2 Å². The molecule has 1 aliphatic heterocycles. The molecule has 0 aliphatic carbocycles. The molecule has 1 aromatic carbocycles. The Bertz CT molecular complexity index is 1110. The Labute approximate surface area is 181 Å². The number of phenolic OH excluding ortho intramolecular Hbond substituents is 1. The molecule has 10 heteroatoms. The molecule has 3 aromatic rings. The van der Waals surface area contributed by atoms with E-state index in [0.717, 1.165) is 42.1 Å². The number of nitrogens with two attached hydrogens (primary N) is 1. The van der Waals surface area contributed by atoms with Gasteiger partial charge in [-0.05, 0) is 30.5 Å². The number of carbonyl (C=O) groups excluding carboxylic acids is 1. The number of benzene rings is 1. The fraction of sp³-hybridized carbons (Fsp3) is 0.286. The average Bonchev–Trinajstić information content (AvgIpc) is 3.21. The maximum absolute atomic E-state index is 14.2. The van der Waals surface area contributed by atoms with Gasteiger partial charge in [0.25, 0.3) is 5.91 Å². The van der Waals surface area contributed by atoms with Crippen molar-refractivity contribution in [3.8, 4) is 16.3 Å². The normalized spacial score (nSPS) is 18.8. The third kappa shape index (κ3) is 4.35. The number of nitrogens with one attached hydrogen (secondary N) is 1. The minimum absolute atomic E-state index is 0.000611. The topological polar surface area (TPSA) is 104 Å². The molecule has 2 atom stereocenters. The predicted octanol–water partition coefficient (Wildman–Crippen LogP) is 3.61. The van der Waals surface area contributed by atoms with Crippen LogP contribution in [0.3, 0.4) is 0 Å². The zero-order chi connectivity index (χ0) is 22.1. The van der Waals surface area contributed by atoms with E-state index < -0.39 is 28.9 Å². The number of hydrogen-bond donors (Lipinski definition) is 3. The Morgan fingerprint density at radius 2 is 2.13 bits per heavy atom. The van der Waals surface area contributed by atoms with Gasteiger partial charge in [-0.25, -0.2) is 13.8 Å². The average molecular weight is 445 g/mol. The number of thiazole rings is 1. The quantitative estimate of drug-likeness (QED) is 0.567. The molecule has 0 spiro atoms. The predicted molar refractivity (Wildman–Crippen MR) is 115 cm³/mol. The van der Waals surface area contributed by atoms with E-state index in [1.54, 1.807) is 12.4 Å². The molecule has 4 N–H and O–H groups in total. The van der Waals surface area contributed by atoms with Gasteiger partial charge in [-0.3, -0.25) is 9.78 Å². The number of amides is 1. The van der Waals surface area contributed by atoms with Crippen molar-refractivity contribution in [2.45, 2.75) is 19.4 Å². The van der Waals surface area contributed by atoms with Crippen LogP contribution in [0.25, 0.3) is 10.6 Å². The van der Waals surface area contributed by atoms with Crippen molar-refractivity contribution < 1.29 is 18.7 Å². The highest BCUT2D eigenvalue weighted by atomic mass is 32.1. The lowest BCUT2D eigenvalue weighted by Crippen LogP contribution is -2.46. The molecule has 0 radical (unpaired) electrons. The molecule has 1 aliphatic rings. The van der Waals surface area contributed by atoms with Gasteiger partial charge in [0, 0.05) is 30.7 Å². The summed E-state index contributed by atoms with van der Waals surface area (Å²) < 4.78 is 28.3. The standard InChI is InChI=1S/C21H21F2N5O2S/c1-11-6-12(24)9-28(8-11)16-4-5-25-7-14(16)26-20(30)15-10-31-21(27-15)18-13(22)2-3-17(29)19(18)23/h2-5,7,10-12,29H,6,8-9,24H2,1H3,(H,26,30)/t11-,12+/m1/s1. The van der Waals surface area contributed by atoms with E-state index in [1.807, 2.05) is 6.07 Å². The van der Waals surface area contributed by atoms with Crippen LogP contribution in [-0.4, -0.2) is 40.1 Å². The Balaban J connectivity index is 1.58. The van der Waals surface area contributed by atoms with E-state index in [9.17, 15) is 18.7 Å². The van der Waals surface area contributed by atoms with E-state index in [1.165, 1.54) is 5.38 Å². The number of pyridine rings is 1. The van der Waals surface area contributed by atoms with Crippen molar-refractivity contribution in [3.05, 3.63) is 53.3 Å². The van der Waals surface area contributed by atoms with Crippen molar-refractivity contribution in [1.29, 1.82) is 0 Å². The fourth-order valence-electron chi connectivity index (χ4n) is 3.77. The smallest absolute Gasteiger partial charge is 0.275 e. The van der Waals surface area contributed by atoms with Crippen LogP contribution in [0.4, 0.5) is 20.2 Å². The number of aromatic hydroxyl groups is 1. The highest BCUT2D eigenvalue weighted by molar-refractivity contribution is 7.13. The minimum Gasteiger partial charge on any atom is -0.505 e. The van der Waals surface area contributed by atoms with Gasteiger partial charge in [-0.2, -0.15) is 0 Å². The second-order valence-corrected chi connectivity index (χ2v) is 8.50. The zero-order valence-corrected chi connectivity index (χ0v) is 17.5. The van der Waals surface area contributed by atoms with E-state index in [2.05, 4.69) is 27.1 Å². The van der Waals surface area contributed by atoms with Gasteiger partial charge in [0.2, 0.25) is 0 Å². The molecule has 2 aromatic heterocycles. The third-order valence-corrected chi connectivity index (χ3v) is 5.96. The first-order chi connectivity index (χ1) is 14.8. The van der Waals surface area contributed by atoms with Gasteiger partial charge in [0.1, 0.15) is 16.5 Å². The van der Waals surface area contributed by atoms with Crippen LogP contribution in [0.1, 0.15) is 23.8 Å². The molecule has 0 bridgehead atoms. The lowest BCUT2D eigenvalue weighted by molar-refractivity contribution is 0.102. The summed E-state index contributed by atoms with van der Waals surface area (Å²) in [6.07, 6.45) is 4.12. The lowest BCUT2D eigenvalue weighted by atomic mass is 9.96. The molecule has 162 valence electrons. The molecule has 3 heterocycles. The third-order valence-electron chi connectivity index (χ3n) is 5.10. The number of phenols is 1. The lowest BCUT2D eigenvalue weighted by Gasteiger charge is -2.37.